The Kier molecular flexibility index (Phi) is 23.9. The molecule has 0 aromatic carbocycles. The minimum absolute atomic E-state index is 0.137. The fourth-order valence-corrected chi connectivity index (χ4v) is 4.47. The molecule has 0 heterocycles. The van der Waals surface area contributed by atoms with Crippen molar-refractivity contribution in [3.05, 3.63) is 12.2 Å². The molecule has 0 bridgehead atoms. The lowest BCUT2D eigenvalue weighted by molar-refractivity contribution is -0.147. The number of carbonyl (C=O) groups is 3. The fourth-order valence-electron chi connectivity index (χ4n) is 3.70. The summed E-state index contributed by atoms with van der Waals surface area (Å²) >= 11 is 0. The first kappa shape index (κ1) is 38.2. The van der Waals surface area contributed by atoms with E-state index in [4.69, 9.17) is 4.74 Å². The van der Waals surface area contributed by atoms with Crippen molar-refractivity contribution in [3.8, 4) is 0 Å². The van der Waals surface area contributed by atoms with Crippen molar-refractivity contribution in [2.24, 2.45) is 0 Å². The standard InChI is InChI=1S/C28H52NO10P/c1-3-5-6-7-8-9-10-11-12-13-14-15-16-17-18-20-26(31)29-25(28(33)34)23-39-40(35,36)38-22-24(30)21-37-27(32)19-4-2/h11-12,24-25,30H,3-10,13-23H2,1-2H3,(H,29,31)(H,33,34)(H,35,36)/b12-11-. The van der Waals surface area contributed by atoms with E-state index in [1.165, 1.54) is 38.5 Å². The Balaban J connectivity index is 4.00. The summed E-state index contributed by atoms with van der Waals surface area (Å²) in [6.45, 7) is 2.11. The summed E-state index contributed by atoms with van der Waals surface area (Å²) in [6, 6.07) is -1.54. The van der Waals surface area contributed by atoms with Gasteiger partial charge in [0.05, 0.1) is 13.2 Å². The molecule has 3 atom stereocenters. The molecule has 1 amide bonds. The van der Waals surface area contributed by atoms with Crippen LogP contribution in [-0.4, -0.2) is 64.9 Å². The zero-order valence-electron chi connectivity index (χ0n) is 24.4. The van der Waals surface area contributed by atoms with Crippen molar-refractivity contribution in [3.63, 3.8) is 0 Å². The molecule has 0 radical (unpaired) electrons. The van der Waals surface area contributed by atoms with E-state index < -0.39 is 57.6 Å². The van der Waals surface area contributed by atoms with Gasteiger partial charge in [0.2, 0.25) is 5.91 Å². The Hall–Kier alpha value is -1.78. The van der Waals surface area contributed by atoms with Gasteiger partial charge in [0.15, 0.2) is 6.04 Å². The Labute approximate surface area is 239 Å². The van der Waals surface area contributed by atoms with E-state index in [9.17, 15) is 34.1 Å². The van der Waals surface area contributed by atoms with Crippen LogP contribution in [-0.2, 0) is 32.7 Å². The van der Waals surface area contributed by atoms with Gasteiger partial charge in [-0.05, 0) is 38.5 Å². The first-order valence-corrected chi connectivity index (χ1v) is 16.2. The van der Waals surface area contributed by atoms with E-state index in [-0.39, 0.29) is 12.8 Å². The van der Waals surface area contributed by atoms with Crippen LogP contribution >= 0.6 is 7.82 Å². The predicted molar refractivity (Wildman–Crippen MR) is 153 cm³/mol. The van der Waals surface area contributed by atoms with Gasteiger partial charge in [-0.1, -0.05) is 77.4 Å². The number of nitrogens with one attached hydrogen (secondary N) is 1. The van der Waals surface area contributed by atoms with Gasteiger partial charge in [0.25, 0.3) is 0 Å². The number of carboxylic acid groups (broad SMARTS) is 1. The molecule has 0 aromatic heterocycles. The molecule has 0 rings (SSSR count). The van der Waals surface area contributed by atoms with Crippen molar-refractivity contribution in [2.45, 2.75) is 129 Å². The molecule has 0 fully saturated rings. The fraction of sp³-hybridized carbons (Fsp3) is 0.821. The smallest absolute Gasteiger partial charge is 0.472 e. The van der Waals surface area contributed by atoms with Crippen LogP contribution in [0.15, 0.2) is 12.2 Å². The number of hydrogen-bond donors (Lipinski definition) is 4. The first-order valence-electron chi connectivity index (χ1n) is 14.7. The predicted octanol–water partition coefficient (Wildman–Crippen LogP) is 5.43. The maximum absolute atomic E-state index is 12.1. The molecule has 0 saturated heterocycles. The monoisotopic (exact) mass is 593 g/mol. The number of aliphatic hydroxyl groups is 1. The summed E-state index contributed by atoms with van der Waals surface area (Å²) in [4.78, 5) is 44.6. The summed E-state index contributed by atoms with van der Waals surface area (Å²) in [7, 11) is -4.72. The second-order valence-electron chi connectivity index (χ2n) is 9.94. The lowest BCUT2D eigenvalue weighted by Crippen LogP contribution is -2.43. The minimum atomic E-state index is -4.72. The Morgan fingerprint density at radius 1 is 0.775 bits per heavy atom. The Morgan fingerprint density at radius 2 is 1.32 bits per heavy atom. The number of aliphatic carboxylic acids is 1. The van der Waals surface area contributed by atoms with Crippen LogP contribution in [0.3, 0.4) is 0 Å². The maximum Gasteiger partial charge on any atom is 0.472 e. The number of carboxylic acids is 1. The van der Waals surface area contributed by atoms with Gasteiger partial charge in [-0.15, -0.1) is 0 Å². The molecular weight excluding hydrogens is 541 g/mol. The molecule has 12 heteroatoms. The molecule has 4 N–H and O–H groups in total. The third-order valence-corrected chi connectivity index (χ3v) is 6.97. The van der Waals surface area contributed by atoms with Gasteiger partial charge in [0.1, 0.15) is 12.7 Å². The zero-order valence-corrected chi connectivity index (χ0v) is 25.3. The topological polar surface area (TPSA) is 169 Å². The third-order valence-electron chi connectivity index (χ3n) is 6.02. The highest BCUT2D eigenvalue weighted by atomic mass is 31.2. The normalized spacial score (nSPS) is 14.5. The molecule has 0 aliphatic carbocycles. The molecule has 0 aliphatic rings. The molecule has 3 unspecified atom stereocenters. The van der Waals surface area contributed by atoms with Crippen LogP contribution in [0, 0.1) is 0 Å². The summed E-state index contributed by atoms with van der Waals surface area (Å²) in [5, 5.41) is 21.3. The van der Waals surface area contributed by atoms with Crippen LogP contribution in [0.1, 0.15) is 117 Å². The quantitative estimate of drug-likeness (QED) is 0.0417. The van der Waals surface area contributed by atoms with Gasteiger partial charge < -0.3 is 25.2 Å². The number of unbranched alkanes of at least 4 members (excludes halogenated alkanes) is 11. The molecule has 0 aromatic rings. The number of allylic oxidation sites excluding steroid dienone is 2. The van der Waals surface area contributed by atoms with Gasteiger partial charge in [-0.3, -0.25) is 18.6 Å². The van der Waals surface area contributed by atoms with E-state index >= 15 is 0 Å². The molecule has 40 heavy (non-hydrogen) atoms. The van der Waals surface area contributed by atoms with Crippen molar-refractivity contribution >= 4 is 25.7 Å². The maximum atomic E-state index is 12.1. The van der Waals surface area contributed by atoms with E-state index in [1.54, 1.807) is 6.92 Å². The highest BCUT2D eigenvalue weighted by molar-refractivity contribution is 7.47. The van der Waals surface area contributed by atoms with Gasteiger partial charge >= 0.3 is 19.8 Å². The largest absolute Gasteiger partial charge is 0.480 e. The Morgan fingerprint density at radius 3 is 1.90 bits per heavy atom. The van der Waals surface area contributed by atoms with Crippen LogP contribution < -0.4 is 5.32 Å². The number of phosphoric acid groups is 1. The zero-order chi connectivity index (χ0) is 30.1. The SMILES string of the molecule is CCCCCCCC/C=C\CCCCCCCC(=O)NC(COP(=O)(O)OCC(O)COC(=O)CCC)C(=O)O. The number of aliphatic hydroxyl groups excluding tert-OH is 1. The van der Waals surface area contributed by atoms with Crippen molar-refractivity contribution < 1.29 is 47.8 Å². The van der Waals surface area contributed by atoms with E-state index in [0.29, 0.717) is 12.8 Å². The summed E-state index contributed by atoms with van der Waals surface area (Å²) < 4.78 is 26.0. The van der Waals surface area contributed by atoms with Crippen molar-refractivity contribution in [1.29, 1.82) is 0 Å². The highest BCUT2D eigenvalue weighted by Crippen LogP contribution is 2.43. The number of carbonyl (C=O) groups excluding carboxylic acids is 2. The minimum Gasteiger partial charge on any atom is -0.480 e. The average Bonchev–Trinajstić information content (AvgIpc) is 2.91. The summed E-state index contributed by atoms with van der Waals surface area (Å²) in [5.74, 6) is -2.45. The molecule has 11 nitrogen and oxygen atoms in total. The second-order valence-corrected chi connectivity index (χ2v) is 11.4. The Bertz CT molecular complexity index is 761. The van der Waals surface area contributed by atoms with Crippen LogP contribution in [0.2, 0.25) is 0 Å². The van der Waals surface area contributed by atoms with Crippen LogP contribution in [0.25, 0.3) is 0 Å². The average molecular weight is 594 g/mol. The molecular formula is C28H52NO10P. The third kappa shape index (κ3) is 24.1. The summed E-state index contributed by atoms with van der Waals surface area (Å²) in [6.07, 6.45) is 18.7. The van der Waals surface area contributed by atoms with Crippen LogP contribution in [0.5, 0.6) is 0 Å². The van der Waals surface area contributed by atoms with Gasteiger partial charge in [-0.2, -0.15) is 0 Å². The van der Waals surface area contributed by atoms with E-state index in [0.717, 1.165) is 38.5 Å². The molecule has 0 aliphatic heterocycles. The first-order chi connectivity index (χ1) is 19.1. The lowest BCUT2D eigenvalue weighted by Gasteiger charge is -2.18. The second kappa shape index (κ2) is 25.0. The van der Waals surface area contributed by atoms with Gasteiger partial charge in [-0.25, -0.2) is 9.36 Å². The molecule has 0 saturated carbocycles. The summed E-state index contributed by atoms with van der Waals surface area (Å²) in [5.41, 5.74) is 0. The lowest BCUT2D eigenvalue weighted by atomic mass is 10.1. The van der Waals surface area contributed by atoms with Crippen molar-refractivity contribution in [1.82, 2.24) is 5.32 Å². The van der Waals surface area contributed by atoms with Crippen molar-refractivity contribution in [2.75, 3.05) is 19.8 Å². The van der Waals surface area contributed by atoms with E-state index in [1.807, 2.05) is 0 Å². The molecule has 0 spiro atoms. The number of phosphoric ester groups is 1. The van der Waals surface area contributed by atoms with Gasteiger partial charge in [0, 0.05) is 12.8 Å². The number of esters is 1. The molecule has 234 valence electrons. The number of ether oxygens (including phenoxy) is 1. The number of rotatable bonds is 27. The number of hydrogen-bond acceptors (Lipinski definition) is 8. The van der Waals surface area contributed by atoms with Crippen LogP contribution in [0.4, 0.5) is 0 Å². The number of amides is 1. The highest BCUT2D eigenvalue weighted by Gasteiger charge is 2.28. The van der Waals surface area contributed by atoms with E-state index in [2.05, 4.69) is 33.4 Å².